The van der Waals surface area contributed by atoms with Crippen molar-refractivity contribution in [3.8, 4) is 5.75 Å². The fourth-order valence-electron chi connectivity index (χ4n) is 1.76. The zero-order chi connectivity index (χ0) is 16.8. The predicted molar refractivity (Wildman–Crippen MR) is 86.3 cm³/mol. The third-order valence-electron chi connectivity index (χ3n) is 2.75. The van der Waals surface area contributed by atoms with E-state index >= 15 is 0 Å². The molecular weight excluding hydrogens is 323 g/mol. The van der Waals surface area contributed by atoms with E-state index < -0.39 is 11.7 Å². The second-order valence-electron chi connectivity index (χ2n) is 4.67. The summed E-state index contributed by atoms with van der Waals surface area (Å²) in [6.45, 7) is 1.13. The Hall–Kier alpha value is -2.60. The molecule has 2 amide bonds. The van der Waals surface area contributed by atoms with Gasteiger partial charge in [0, 0.05) is 17.6 Å². The highest BCUT2D eigenvalue weighted by atomic mass is 35.5. The highest BCUT2D eigenvalue weighted by Crippen LogP contribution is 2.19. The second-order valence-corrected chi connectivity index (χ2v) is 5.10. The molecular formula is C16H14ClFN2O3. The molecule has 0 atom stereocenters. The summed E-state index contributed by atoms with van der Waals surface area (Å²) >= 11 is 5.64. The molecule has 0 saturated carbocycles. The minimum Gasteiger partial charge on any atom is -0.484 e. The van der Waals surface area contributed by atoms with Crippen molar-refractivity contribution in [2.45, 2.75) is 6.92 Å². The van der Waals surface area contributed by atoms with Crippen molar-refractivity contribution >= 4 is 34.8 Å². The van der Waals surface area contributed by atoms with Crippen molar-refractivity contribution in [3.05, 3.63) is 53.3 Å². The number of halogens is 2. The van der Waals surface area contributed by atoms with Gasteiger partial charge in [-0.15, -0.1) is 0 Å². The summed E-state index contributed by atoms with van der Waals surface area (Å²) in [5.41, 5.74) is 0.654. The van der Waals surface area contributed by atoms with Crippen molar-refractivity contribution in [1.29, 1.82) is 0 Å². The molecule has 23 heavy (non-hydrogen) atoms. The monoisotopic (exact) mass is 336 g/mol. The van der Waals surface area contributed by atoms with Crippen LogP contribution in [-0.4, -0.2) is 18.4 Å². The second kappa shape index (κ2) is 7.60. The number of hydrogen-bond donors (Lipinski definition) is 2. The maximum absolute atomic E-state index is 13.5. The van der Waals surface area contributed by atoms with Gasteiger partial charge in [0.1, 0.15) is 11.6 Å². The molecule has 0 bridgehead atoms. The summed E-state index contributed by atoms with van der Waals surface area (Å²) in [5.74, 6) is -0.850. The number of ether oxygens (including phenoxy) is 1. The number of anilines is 2. The van der Waals surface area contributed by atoms with E-state index in [1.807, 2.05) is 0 Å². The van der Waals surface area contributed by atoms with E-state index in [1.165, 1.54) is 19.1 Å². The van der Waals surface area contributed by atoms with Crippen molar-refractivity contribution in [3.63, 3.8) is 0 Å². The van der Waals surface area contributed by atoms with E-state index in [-0.39, 0.29) is 23.2 Å². The zero-order valence-electron chi connectivity index (χ0n) is 12.2. The lowest BCUT2D eigenvalue weighted by atomic mass is 10.3. The molecule has 2 rings (SSSR count). The standard InChI is InChI=1S/C16H14ClFN2O3/c1-10(21)19-12-3-5-13(6-4-12)23-9-16(22)20-15-7-2-11(17)8-14(15)18/h2-8H,9H2,1H3,(H,19,21)(H,20,22). The minimum atomic E-state index is -0.620. The quantitative estimate of drug-likeness (QED) is 0.878. The zero-order valence-corrected chi connectivity index (χ0v) is 13.0. The highest BCUT2D eigenvalue weighted by Gasteiger charge is 2.08. The van der Waals surface area contributed by atoms with Gasteiger partial charge in [0.2, 0.25) is 5.91 Å². The Bertz CT molecular complexity index is 720. The molecule has 2 aromatic carbocycles. The van der Waals surface area contributed by atoms with E-state index in [2.05, 4.69) is 10.6 Å². The molecule has 0 saturated heterocycles. The summed E-state index contributed by atoms with van der Waals surface area (Å²) < 4.78 is 18.8. The van der Waals surface area contributed by atoms with Gasteiger partial charge in [-0.1, -0.05) is 11.6 Å². The maximum Gasteiger partial charge on any atom is 0.262 e. The molecule has 7 heteroatoms. The van der Waals surface area contributed by atoms with Crippen LogP contribution in [0.3, 0.4) is 0 Å². The Kier molecular flexibility index (Phi) is 5.54. The Labute approximate surface area is 137 Å². The molecule has 0 unspecified atom stereocenters. The van der Waals surface area contributed by atoms with Gasteiger partial charge in [0.15, 0.2) is 6.61 Å². The molecule has 0 radical (unpaired) electrons. The van der Waals surface area contributed by atoms with Gasteiger partial charge in [-0.2, -0.15) is 0 Å². The molecule has 0 aromatic heterocycles. The number of nitrogens with one attached hydrogen (secondary N) is 2. The number of carbonyl (C=O) groups excluding carboxylic acids is 2. The third kappa shape index (κ3) is 5.27. The minimum absolute atomic E-state index is 0.0315. The van der Waals surface area contributed by atoms with Crippen LogP contribution in [0, 0.1) is 5.82 Å². The SMILES string of the molecule is CC(=O)Nc1ccc(OCC(=O)Nc2ccc(Cl)cc2F)cc1. The number of amides is 2. The average molecular weight is 337 g/mol. The van der Waals surface area contributed by atoms with Crippen LogP contribution in [0.2, 0.25) is 5.02 Å². The third-order valence-corrected chi connectivity index (χ3v) is 2.98. The number of hydrogen-bond acceptors (Lipinski definition) is 3. The largest absolute Gasteiger partial charge is 0.484 e. The summed E-state index contributed by atoms with van der Waals surface area (Å²) in [6, 6.07) is 10.5. The van der Waals surface area contributed by atoms with E-state index in [1.54, 1.807) is 24.3 Å². The fourth-order valence-corrected chi connectivity index (χ4v) is 1.92. The van der Waals surface area contributed by atoms with Crippen molar-refractivity contribution < 1.29 is 18.7 Å². The molecule has 0 spiro atoms. The van der Waals surface area contributed by atoms with Gasteiger partial charge in [0.05, 0.1) is 5.69 Å². The predicted octanol–water partition coefficient (Wildman–Crippen LogP) is 3.46. The van der Waals surface area contributed by atoms with Crippen molar-refractivity contribution in [2.75, 3.05) is 17.2 Å². The van der Waals surface area contributed by atoms with Crippen LogP contribution >= 0.6 is 11.6 Å². The highest BCUT2D eigenvalue weighted by molar-refractivity contribution is 6.30. The van der Waals surface area contributed by atoms with Crippen LogP contribution in [0.4, 0.5) is 15.8 Å². The van der Waals surface area contributed by atoms with Gasteiger partial charge in [-0.25, -0.2) is 4.39 Å². The van der Waals surface area contributed by atoms with Gasteiger partial charge >= 0.3 is 0 Å². The average Bonchev–Trinajstić information content (AvgIpc) is 2.49. The Morgan fingerprint density at radius 3 is 2.43 bits per heavy atom. The topological polar surface area (TPSA) is 67.4 Å². The van der Waals surface area contributed by atoms with Gasteiger partial charge in [-0.3, -0.25) is 9.59 Å². The van der Waals surface area contributed by atoms with Gasteiger partial charge in [-0.05, 0) is 42.5 Å². The first-order chi connectivity index (χ1) is 10.9. The molecule has 0 aliphatic rings. The molecule has 120 valence electrons. The van der Waals surface area contributed by atoms with Crippen LogP contribution < -0.4 is 15.4 Å². The normalized spacial score (nSPS) is 10.0. The van der Waals surface area contributed by atoms with Crippen LogP contribution in [0.25, 0.3) is 0 Å². The van der Waals surface area contributed by atoms with Crippen LogP contribution in [0.15, 0.2) is 42.5 Å². The fraction of sp³-hybridized carbons (Fsp3) is 0.125. The number of benzene rings is 2. The lowest BCUT2D eigenvalue weighted by Crippen LogP contribution is -2.20. The van der Waals surface area contributed by atoms with E-state index in [0.29, 0.717) is 11.4 Å². The first-order valence-electron chi connectivity index (χ1n) is 6.69. The first kappa shape index (κ1) is 16.8. The Balaban J connectivity index is 1.87. The van der Waals surface area contributed by atoms with E-state index in [0.717, 1.165) is 6.07 Å². The smallest absolute Gasteiger partial charge is 0.262 e. The van der Waals surface area contributed by atoms with Crippen molar-refractivity contribution in [1.82, 2.24) is 0 Å². The van der Waals surface area contributed by atoms with Gasteiger partial charge < -0.3 is 15.4 Å². The molecule has 0 aliphatic carbocycles. The van der Waals surface area contributed by atoms with Crippen LogP contribution in [0.1, 0.15) is 6.92 Å². The lowest BCUT2D eigenvalue weighted by molar-refractivity contribution is -0.118. The molecule has 2 N–H and O–H groups in total. The number of carbonyl (C=O) groups is 2. The lowest BCUT2D eigenvalue weighted by Gasteiger charge is -2.09. The Morgan fingerprint density at radius 1 is 1.13 bits per heavy atom. The molecule has 5 nitrogen and oxygen atoms in total. The maximum atomic E-state index is 13.5. The molecule has 0 heterocycles. The molecule has 0 aliphatic heterocycles. The summed E-state index contributed by atoms with van der Waals surface area (Å²) in [7, 11) is 0. The molecule has 2 aromatic rings. The molecule has 0 fully saturated rings. The Morgan fingerprint density at radius 2 is 1.83 bits per heavy atom. The number of rotatable bonds is 5. The summed E-state index contributed by atoms with van der Waals surface area (Å²) in [5, 5.41) is 5.25. The van der Waals surface area contributed by atoms with Crippen LogP contribution in [0.5, 0.6) is 5.75 Å². The van der Waals surface area contributed by atoms with E-state index in [4.69, 9.17) is 16.3 Å². The summed E-state index contributed by atoms with van der Waals surface area (Å²) in [6.07, 6.45) is 0. The van der Waals surface area contributed by atoms with Crippen LogP contribution in [-0.2, 0) is 9.59 Å². The summed E-state index contributed by atoms with van der Waals surface area (Å²) in [4.78, 5) is 22.6. The first-order valence-corrected chi connectivity index (χ1v) is 7.07. The van der Waals surface area contributed by atoms with Gasteiger partial charge in [0.25, 0.3) is 5.91 Å². The van der Waals surface area contributed by atoms with Crippen molar-refractivity contribution in [2.24, 2.45) is 0 Å². The van der Waals surface area contributed by atoms with E-state index in [9.17, 15) is 14.0 Å².